The fourth-order valence-corrected chi connectivity index (χ4v) is 1.66. The number of halogens is 1. The summed E-state index contributed by atoms with van der Waals surface area (Å²) in [4.78, 5) is 14.0. The average molecular weight is 342 g/mol. The lowest BCUT2D eigenvalue weighted by Gasteiger charge is -2.06. The van der Waals surface area contributed by atoms with Crippen LogP contribution in [0.15, 0.2) is 42.7 Å². The fourth-order valence-electron chi connectivity index (χ4n) is 1.21. The van der Waals surface area contributed by atoms with Crippen LogP contribution in [0.3, 0.4) is 0 Å². The summed E-state index contributed by atoms with van der Waals surface area (Å²) in [6.45, 7) is 0. The van der Waals surface area contributed by atoms with E-state index in [4.69, 9.17) is 4.74 Å². The number of nitrogens with zero attached hydrogens (tertiary/aromatic N) is 2. The molecule has 0 aliphatic heterocycles. The lowest BCUT2D eigenvalue weighted by Crippen LogP contribution is -1.90. The summed E-state index contributed by atoms with van der Waals surface area (Å²) in [6.07, 6.45) is 3.31. The van der Waals surface area contributed by atoms with Crippen molar-refractivity contribution in [3.05, 3.63) is 56.4 Å². The van der Waals surface area contributed by atoms with Crippen molar-refractivity contribution in [3.63, 3.8) is 0 Å². The Morgan fingerprint density at radius 1 is 1.24 bits per heavy atom. The maximum absolute atomic E-state index is 10.5. The zero-order chi connectivity index (χ0) is 12.3. The SMILES string of the molecule is O=[N+]([O-])c1ccc(Oc2ccncc2I)cc1. The summed E-state index contributed by atoms with van der Waals surface area (Å²) in [7, 11) is 0. The predicted molar refractivity (Wildman–Crippen MR) is 70.1 cm³/mol. The summed E-state index contributed by atoms with van der Waals surface area (Å²) in [5, 5.41) is 10.5. The van der Waals surface area contributed by atoms with E-state index >= 15 is 0 Å². The van der Waals surface area contributed by atoms with Gasteiger partial charge in [0, 0.05) is 30.6 Å². The molecule has 0 aliphatic carbocycles. The van der Waals surface area contributed by atoms with E-state index in [-0.39, 0.29) is 5.69 Å². The van der Waals surface area contributed by atoms with Crippen LogP contribution in [-0.4, -0.2) is 9.91 Å². The summed E-state index contributed by atoms with van der Waals surface area (Å²) >= 11 is 2.11. The highest BCUT2D eigenvalue weighted by molar-refractivity contribution is 14.1. The van der Waals surface area contributed by atoms with Gasteiger partial charge in [-0.05, 0) is 34.7 Å². The Morgan fingerprint density at radius 3 is 2.53 bits per heavy atom. The number of nitro groups is 1. The van der Waals surface area contributed by atoms with E-state index in [1.807, 2.05) is 0 Å². The Bertz CT molecular complexity index is 543. The molecule has 2 rings (SSSR count). The van der Waals surface area contributed by atoms with Crippen molar-refractivity contribution >= 4 is 28.3 Å². The number of pyridine rings is 1. The third kappa shape index (κ3) is 2.90. The molecule has 0 saturated carbocycles. The Labute approximate surface area is 111 Å². The monoisotopic (exact) mass is 342 g/mol. The molecule has 17 heavy (non-hydrogen) atoms. The van der Waals surface area contributed by atoms with Gasteiger partial charge >= 0.3 is 0 Å². The molecule has 5 nitrogen and oxygen atoms in total. The fraction of sp³-hybridized carbons (Fsp3) is 0. The maximum atomic E-state index is 10.5. The first-order valence-corrected chi connectivity index (χ1v) is 5.76. The molecule has 1 heterocycles. The Kier molecular flexibility index (Phi) is 3.52. The van der Waals surface area contributed by atoms with Gasteiger partial charge in [0.1, 0.15) is 11.5 Å². The summed E-state index contributed by atoms with van der Waals surface area (Å²) in [5.41, 5.74) is 0.0433. The van der Waals surface area contributed by atoms with Crippen LogP contribution in [0.25, 0.3) is 0 Å². The number of nitro benzene ring substituents is 1. The first-order valence-electron chi connectivity index (χ1n) is 4.68. The third-order valence-corrected chi connectivity index (χ3v) is 2.82. The number of hydrogen-bond acceptors (Lipinski definition) is 4. The molecule has 1 aromatic heterocycles. The van der Waals surface area contributed by atoms with Gasteiger partial charge in [-0.25, -0.2) is 0 Å². The van der Waals surface area contributed by atoms with Gasteiger partial charge < -0.3 is 4.74 Å². The molecule has 0 spiro atoms. The minimum atomic E-state index is -0.444. The van der Waals surface area contributed by atoms with Crippen LogP contribution in [0, 0.1) is 13.7 Å². The summed E-state index contributed by atoms with van der Waals surface area (Å²) in [5.74, 6) is 1.23. The van der Waals surface area contributed by atoms with Gasteiger partial charge in [0.2, 0.25) is 0 Å². The van der Waals surface area contributed by atoms with E-state index in [0.29, 0.717) is 11.5 Å². The Hall–Kier alpha value is -1.70. The van der Waals surface area contributed by atoms with E-state index in [9.17, 15) is 10.1 Å². The molecule has 0 radical (unpaired) electrons. The molecule has 86 valence electrons. The highest BCUT2D eigenvalue weighted by Crippen LogP contribution is 2.26. The van der Waals surface area contributed by atoms with Gasteiger partial charge in [0.05, 0.1) is 8.49 Å². The van der Waals surface area contributed by atoms with Crippen molar-refractivity contribution < 1.29 is 9.66 Å². The number of benzene rings is 1. The van der Waals surface area contributed by atoms with Crippen LogP contribution in [0.1, 0.15) is 0 Å². The summed E-state index contributed by atoms with van der Waals surface area (Å²) in [6, 6.07) is 7.68. The van der Waals surface area contributed by atoms with Crippen molar-refractivity contribution in [2.24, 2.45) is 0 Å². The van der Waals surface area contributed by atoms with E-state index in [2.05, 4.69) is 27.6 Å². The molecule has 0 fully saturated rings. The molecule has 0 bridgehead atoms. The lowest BCUT2D eigenvalue weighted by atomic mass is 10.3. The highest BCUT2D eigenvalue weighted by atomic mass is 127. The quantitative estimate of drug-likeness (QED) is 0.487. The standard InChI is InChI=1S/C11H7IN2O3/c12-10-7-13-6-5-11(10)17-9-3-1-8(2-4-9)14(15)16/h1-7H. The smallest absolute Gasteiger partial charge is 0.269 e. The molecule has 1 aromatic carbocycles. The van der Waals surface area contributed by atoms with Crippen molar-refractivity contribution in [2.45, 2.75) is 0 Å². The minimum Gasteiger partial charge on any atom is -0.456 e. The second-order valence-electron chi connectivity index (χ2n) is 3.16. The van der Waals surface area contributed by atoms with Gasteiger partial charge in [-0.3, -0.25) is 15.1 Å². The first-order chi connectivity index (χ1) is 8.16. The predicted octanol–water partition coefficient (Wildman–Crippen LogP) is 3.39. The zero-order valence-electron chi connectivity index (χ0n) is 8.54. The second kappa shape index (κ2) is 5.09. The summed E-state index contributed by atoms with van der Waals surface area (Å²) < 4.78 is 6.45. The first kappa shape index (κ1) is 11.8. The van der Waals surface area contributed by atoms with E-state index in [1.165, 1.54) is 12.1 Å². The van der Waals surface area contributed by atoms with E-state index in [0.717, 1.165) is 3.57 Å². The van der Waals surface area contributed by atoms with E-state index < -0.39 is 4.92 Å². The average Bonchev–Trinajstić information content (AvgIpc) is 2.33. The van der Waals surface area contributed by atoms with Crippen LogP contribution in [0.4, 0.5) is 5.69 Å². The van der Waals surface area contributed by atoms with Crippen LogP contribution in [-0.2, 0) is 0 Å². The molecular formula is C11H7IN2O3. The normalized spacial score (nSPS) is 9.94. The molecular weight excluding hydrogens is 335 g/mol. The van der Waals surface area contributed by atoms with Gasteiger partial charge in [0.25, 0.3) is 5.69 Å². The Morgan fingerprint density at radius 2 is 1.94 bits per heavy atom. The van der Waals surface area contributed by atoms with Gasteiger partial charge in [-0.15, -0.1) is 0 Å². The van der Waals surface area contributed by atoms with Gasteiger partial charge in [-0.2, -0.15) is 0 Å². The number of ether oxygens (including phenoxy) is 1. The van der Waals surface area contributed by atoms with Crippen molar-refractivity contribution in [2.75, 3.05) is 0 Å². The van der Waals surface area contributed by atoms with E-state index in [1.54, 1.807) is 30.6 Å². The molecule has 0 amide bonds. The lowest BCUT2D eigenvalue weighted by molar-refractivity contribution is -0.384. The minimum absolute atomic E-state index is 0.0433. The van der Waals surface area contributed by atoms with Crippen LogP contribution < -0.4 is 4.74 Å². The van der Waals surface area contributed by atoms with Crippen molar-refractivity contribution in [3.8, 4) is 11.5 Å². The van der Waals surface area contributed by atoms with Crippen LogP contribution in [0.2, 0.25) is 0 Å². The van der Waals surface area contributed by atoms with Gasteiger partial charge in [-0.1, -0.05) is 0 Å². The molecule has 6 heteroatoms. The van der Waals surface area contributed by atoms with Crippen molar-refractivity contribution in [1.82, 2.24) is 4.98 Å². The largest absolute Gasteiger partial charge is 0.456 e. The molecule has 0 unspecified atom stereocenters. The number of aromatic nitrogens is 1. The highest BCUT2D eigenvalue weighted by Gasteiger charge is 2.06. The number of non-ortho nitro benzene ring substituents is 1. The maximum Gasteiger partial charge on any atom is 0.269 e. The Balaban J connectivity index is 2.20. The molecule has 0 saturated heterocycles. The number of rotatable bonds is 3. The topological polar surface area (TPSA) is 65.3 Å². The molecule has 0 atom stereocenters. The van der Waals surface area contributed by atoms with Crippen LogP contribution >= 0.6 is 22.6 Å². The zero-order valence-corrected chi connectivity index (χ0v) is 10.7. The number of hydrogen-bond donors (Lipinski definition) is 0. The van der Waals surface area contributed by atoms with Crippen molar-refractivity contribution in [1.29, 1.82) is 0 Å². The van der Waals surface area contributed by atoms with Gasteiger partial charge in [0.15, 0.2) is 0 Å². The second-order valence-corrected chi connectivity index (χ2v) is 4.32. The third-order valence-electron chi connectivity index (χ3n) is 2.01. The van der Waals surface area contributed by atoms with Crippen LogP contribution in [0.5, 0.6) is 11.5 Å². The molecule has 2 aromatic rings. The molecule has 0 N–H and O–H groups in total. The molecule has 0 aliphatic rings.